The second kappa shape index (κ2) is 5.72. The van der Waals surface area contributed by atoms with Crippen molar-refractivity contribution < 1.29 is 4.52 Å². The Kier molecular flexibility index (Phi) is 4.55. The highest BCUT2D eigenvalue weighted by molar-refractivity contribution is 4.85. The Morgan fingerprint density at radius 2 is 2.29 bits per heavy atom. The lowest BCUT2D eigenvalue weighted by atomic mass is 10.4. The first-order valence-electron chi connectivity index (χ1n) is 4.90. The molecule has 0 aliphatic carbocycles. The molecule has 0 unspecified atom stereocenters. The Bertz CT molecular complexity index is 261. The molecule has 1 aromatic heterocycles. The lowest BCUT2D eigenvalue weighted by Crippen LogP contribution is -2.27. The molecule has 0 saturated heterocycles. The van der Waals surface area contributed by atoms with E-state index in [0.717, 1.165) is 25.3 Å². The highest BCUT2D eigenvalue weighted by atomic mass is 16.5. The third-order valence-electron chi connectivity index (χ3n) is 1.98. The van der Waals surface area contributed by atoms with Crippen molar-refractivity contribution in [2.75, 3.05) is 27.2 Å². The summed E-state index contributed by atoms with van der Waals surface area (Å²) in [5.41, 5.74) is 0. The fourth-order valence-corrected chi connectivity index (χ4v) is 1.11. The molecule has 0 fully saturated rings. The maximum atomic E-state index is 5.08. The molecule has 80 valence electrons. The summed E-state index contributed by atoms with van der Waals surface area (Å²) in [5.74, 6) is 1.47. The number of aromatic nitrogens is 2. The van der Waals surface area contributed by atoms with E-state index < -0.39 is 0 Å². The molecule has 5 heteroatoms. The quantitative estimate of drug-likeness (QED) is 0.711. The zero-order chi connectivity index (χ0) is 10.4. The summed E-state index contributed by atoms with van der Waals surface area (Å²) in [5, 5.41) is 6.93. The van der Waals surface area contributed by atoms with Crippen LogP contribution in [0.5, 0.6) is 0 Å². The van der Waals surface area contributed by atoms with Gasteiger partial charge in [0.05, 0.1) is 6.54 Å². The van der Waals surface area contributed by atoms with Crippen LogP contribution in [0.1, 0.15) is 18.6 Å². The minimum atomic E-state index is 0.695. The summed E-state index contributed by atoms with van der Waals surface area (Å²) in [6.07, 6.45) is 0.823. The fraction of sp³-hybridized carbons (Fsp3) is 0.778. The second-order valence-corrected chi connectivity index (χ2v) is 3.30. The van der Waals surface area contributed by atoms with Gasteiger partial charge >= 0.3 is 0 Å². The Labute approximate surface area is 84.5 Å². The molecule has 0 radical (unpaired) electrons. The van der Waals surface area contributed by atoms with E-state index >= 15 is 0 Å². The van der Waals surface area contributed by atoms with Crippen molar-refractivity contribution in [1.82, 2.24) is 20.4 Å². The molecule has 1 rings (SSSR count). The van der Waals surface area contributed by atoms with Gasteiger partial charge in [-0.2, -0.15) is 4.98 Å². The van der Waals surface area contributed by atoms with Crippen LogP contribution in [0, 0.1) is 0 Å². The van der Waals surface area contributed by atoms with Crippen LogP contribution in [0.4, 0.5) is 0 Å². The summed E-state index contributed by atoms with van der Waals surface area (Å²) in [6, 6.07) is 0. The van der Waals surface area contributed by atoms with Crippen molar-refractivity contribution >= 4 is 0 Å². The molecule has 14 heavy (non-hydrogen) atoms. The number of hydrogen-bond donors (Lipinski definition) is 1. The fourth-order valence-electron chi connectivity index (χ4n) is 1.11. The first-order chi connectivity index (χ1) is 6.76. The van der Waals surface area contributed by atoms with E-state index in [2.05, 4.69) is 20.4 Å². The first-order valence-corrected chi connectivity index (χ1v) is 4.90. The summed E-state index contributed by atoms with van der Waals surface area (Å²) in [7, 11) is 3.98. The van der Waals surface area contributed by atoms with Gasteiger partial charge in [-0.25, -0.2) is 0 Å². The van der Waals surface area contributed by atoms with Crippen molar-refractivity contribution in [3.8, 4) is 0 Å². The van der Waals surface area contributed by atoms with E-state index in [-0.39, 0.29) is 0 Å². The van der Waals surface area contributed by atoms with Gasteiger partial charge in [-0.05, 0) is 14.1 Å². The van der Waals surface area contributed by atoms with Gasteiger partial charge in [0.2, 0.25) is 5.89 Å². The lowest BCUT2D eigenvalue weighted by molar-refractivity contribution is 0.267. The maximum Gasteiger partial charge on any atom is 0.240 e. The Hall–Kier alpha value is -0.940. The lowest BCUT2D eigenvalue weighted by Gasteiger charge is -2.12. The van der Waals surface area contributed by atoms with Crippen LogP contribution < -0.4 is 5.32 Å². The maximum absolute atomic E-state index is 5.08. The predicted octanol–water partition coefficient (Wildman–Crippen LogP) is 0.283. The van der Waals surface area contributed by atoms with Crippen LogP contribution in [0.25, 0.3) is 0 Å². The van der Waals surface area contributed by atoms with E-state index in [4.69, 9.17) is 4.52 Å². The number of nitrogens with zero attached hydrogens (tertiary/aromatic N) is 3. The van der Waals surface area contributed by atoms with Gasteiger partial charge < -0.3 is 9.84 Å². The largest absolute Gasteiger partial charge is 0.338 e. The van der Waals surface area contributed by atoms with E-state index in [9.17, 15) is 0 Å². The highest BCUT2D eigenvalue weighted by Crippen LogP contribution is 2.00. The van der Waals surface area contributed by atoms with Crippen LogP contribution in [0.3, 0.4) is 0 Å². The molecule has 0 amide bonds. The van der Waals surface area contributed by atoms with Crippen molar-refractivity contribution in [2.24, 2.45) is 0 Å². The molecule has 1 heterocycles. The third kappa shape index (κ3) is 3.43. The molecule has 0 aliphatic heterocycles. The number of likely N-dealkylation sites (N-methyl/N-ethyl adjacent to an activating group) is 2. The zero-order valence-electron chi connectivity index (χ0n) is 9.08. The molecule has 0 aliphatic rings. The highest BCUT2D eigenvalue weighted by Gasteiger charge is 2.06. The minimum absolute atomic E-state index is 0.695. The van der Waals surface area contributed by atoms with Gasteiger partial charge in [0.15, 0.2) is 5.82 Å². The number of nitrogens with one attached hydrogen (secondary N) is 1. The summed E-state index contributed by atoms with van der Waals surface area (Å²) in [4.78, 5) is 6.38. The van der Waals surface area contributed by atoms with Crippen molar-refractivity contribution in [2.45, 2.75) is 19.9 Å². The van der Waals surface area contributed by atoms with Gasteiger partial charge in [0.1, 0.15) is 0 Å². The third-order valence-corrected chi connectivity index (χ3v) is 1.98. The number of aryl methyl sites for hydroxylation is 1. The molecule has 0 atom stereocenters. The van der Waals surface area contributed by atoms with Crippen molar-refractivity contribution in [3.05, 3.63) is 11.7 Å². The van der Waals surface area contributed by atoms with Gasteiger partial charge in [0.25, 0.3) is 0 Å². The molecular weight excluding hydrogens is 180 g/mol. The van der Waals surface area contributed by atoms with Crippen LogP contribution >= 0.6 is 0 Å². The molecule has 5 nitrogen and oxygen atoms in total. The van der Waals surface area contributed by atoms with Gasteiger partial charge in [0, 0.05) is 19.5 Å². The number of hydrogen-bond acceptors (Lipinski definition) is 5. The topological polar surface area (TPSA) is 54.2 Å². The van der Waals surface area contributed by atoms with E-state index in [1.807, 2.05) is 21.0 Å². The second-order valence-electron chi connectivity index (χ2n) is 3.30. The monoisotopic (exact) mass is 198 g/mol. The first kappa shape index (κ1) is 11.1. The Morgan fingerprint density at radius 3 is 2.86 bits per heavy atom. The van der Waals surface area contributed by atoms with Crippen LogP contribution in [0.2, 0.25) is 0 Å². The summed E-state index contributed by atoms with van der Waals surface area (Å²) < 4.78 is 5.08. The SMILES string of the molecule is CCc1noc(CN(C)CCNC)n1. The van der Waals surface area contributed by atoms with Crippen LogP contribution in [-0.4, -0.2) is 42.2 Å². The molecule has 1 aromatic rings. The molecule has 0 spiro atoms. The van der Waals surface area contributed by atoms with Crippen LogP contribution in [0.15, 0.2) is 4.52 Å². The zero-order valence-corrected chi connectivity index (χ0v) is 9.08. The summed E-state index contributed by atoms with van der Waals surface area (Å²) in [6.45, 7) is 4.67. The van der Waals surface area contributed by atoms with Crippen molar-refractivity contribution in [3.63, 3.8) is 0 Å². The number of rotatable bonds is 6. The predicted molar refractivity (Wildman–Crippen MR) is 53.9 cm³/mol. The Balaban J connectivity index is 2.35. The summed E-state index contributed by atoms with van der Waals surface area (Å²) >= 11 is 0. The smallest absolute Gasteiger partial charge is 0.240 e. The molecule has 0 saturated carbocycles. The molecule has 0 bridgehead atoms. The average Bonchev–Trinajstić information content (AvgIpc) is 2.62. The van der Waals surface area contributed by atoms with Gasteiger partial charge in [-0.3, -0.25) is 4.90 Å². The standard InChI is InChI=1S/C9H18N4O/c1-4-8-11-9(14-12-8)7-13(3)6-5-10-2/h10H,4-7H2,1-3H3. The van der Waals surface area contributed by atoms with Crippen molar-refractivity contribution in [1.29, 1.82) is 0 Å². The minimum Gasteiger partial charge on any atom is -0.338 e. The molecular formula is C9H18N4O. The van der Waals surface area contributed by atoms with Gasteiger partial charge in [-0.1, -0.05) is 12.1 Å². The van der Waals surface area contributed by atoms with E-state index in [0.29, 0.717) is 12.4 Å². The normalized spacial score (nSPS) is 11.1. The van der Waals surface area contributed by atoms with Crippen LogP contribution in [-0.2, 0) is 13.0 Å². The Morgan fingerprint density at radius 1 is 1.50 bits per heavy atom. The van der Waals surface area contributed by atoms with E-state index in [1.165, 1.54) is 0 Å². The average molecular weight is 198 g/mol. The van der Waals surface area contributed by atoms with E-state index in [1.54, 1.807) is 0 Å². The molecule has 0 aromatic carbocycles. The molecule has 1 N–H and O–H groups in total. The van der Waals surface area contributed by atoms with Gasteiger partial charge in [-0.15, -0.1) is 0 Å².